The minimum Gasteiger partial charge on any atom is -0.439 e. The average molecular weight is 258 g/mol. The number of rotatable bonds is 1. The lowest BCUT2D eigenvalue weighted by Gasteiger charge is -2.28. The van der Waals surface area contributed by atoms with Crippen LogP contribution in [0, 0.1) is 6.92 Å². The van der Waals surface area contributed by atoms with Crippen LogP contribution in [0.15, 0.2) is 42.5 Å². The minimum atomic E-state index is -2.74. The topological polar surface area (TPSA) is 26.3 Å². The molecule has 0 saturated carbocycles. The van der Waals surface area contributed by atoms with Crippen molar-refractivity contribution in [3.8, 4) is 16.9 Å². The lowest BCUT2D eigenvalue weighted by molar-refractivity contribution is 0.492. The summed E-state index contributed by atoms with van der Waals surface area (Å²) in [6, 6.07) is 13.9. The highest BCUT2D eigenvalue weighted by Gasteiger charge is 2.33. The first kappa shape index (κ1) is 11.6. The van der Waals surface area contributed by atoms with Crippen molar-refractivity contribution in [2.45, 2.75) is 13.8 Å². The van der Waals surface area contributed by atoms with Crippen molar-refractivity contribution in [1.29, 1.82) is 0 Å². The number of hydrogen-bond donors (Lipinski definition) is 0. The second-order valence-electron chi connectivity index (χ2n) is 4.60. The molecule has 1 unspecified atom stereocenters. The quantitative estimate of drug-likeness (QED) is 0.723. The molecular weight excluding hydrogens is 243 g/mol. The Morgan fingerprint density at radius 3 is 2.67 bits per heavy atom. The molecule has 18 heavy (non-hydrogen) atoms. The van der Waals surface area contributed by atoms with Crippen molar-refractivity contribution >= 4 is 12.7 Å². The highest BCUT2D eigenvalue weighted by molar-refractivity contribution is 7.67. The van der Waals surface area contributed by atoms with Crippen molar-refractivity contribution in [2.24, 2.45) is 0 Å². The molecule has 0 spiro atoms. The van der Waals surface area contributed by atoms with Crippen LogP contribution in [0.5, 0.6) is 5.75 Å². The van der Waals surface area contributed by atoms with Gasteiger partial charge in [-0.3, -0.25) is 4.57 Å². The van der Waals surface area contributed by atoms with Crippen LogP contribution in [0.2, 0.25) is 0 Å². The van der Waals surface area contributed by atoms with Crippen LogP contribution >= 0.6 is 7.37 Å². The van der Waals surface area contributed by atoms with Crippen LogP contribution < -0.4 is 9.83 Å². The Morgan fingerprint density at radius 1 is 1.11 bits per heavy atom. The fourth-order valence-corrected chi connectivity index (χ4v) is 4.28. The van der Waals surface area contributed by atoms with Gasteiger partial charge in [0.05, 0.1) is 5.30 Å². The van der Waals surface area contributed by atoms with Gasteiger partial charge >= 0.3 is 0 Å². The largest absolute Gasteiger partial charge is 0.439 e. The highest BCUT2D eigenvalue weighted by Crippen LogP contribution is 2.54. The third-order valence-corrected chi connectivity index (χ3v) is 5.81. The van der Waals surface area contributed by atoms with Crippen molar-refractivity contribution in [3.63, 3.8) is 0 Å². The summed E-state index contributed by atoms with van der Waals surface area (Å²) in [5.41, 5.74) is 3.20. The molecule has 92 valence electrons. The smallest absolute Gasteiger partial charge is 0.277 e. The molecule has 1 heterocycles. The third kappa shape index (κ3) is 1.60. The van der Waals surface area contributed by atoms with E-state index in [0.29, 0.717) is 6.16 Å². The molecule has 3 heteroatoms. The van der Waals surface area contributed by atoms with Crippen molar-refractivity contribution in [1.82, 2.24) is 0 Å². The molecule has 1 atom stereocenters. The maximum absolute atomic E-state index is 12.9. The van der Waals surface area contributed by atoms with Crippen molar-refractivity contribution < 1.29 is 9.09 Å². The summed E-state index contributed by atoms with van der Waals surface area (Å²) in [7, 11) is -2.74. The van der Waals surface area contributed by atoms with E-state index in [4.69, 9.17) is 4.52 Å². The van der Waals surface area contributed by atoms with Crippen LogP contribution in [0.3, 0.4) is 0 Å². The Labute approximate surface area is 107 Å². The molecule has 1 aliphatic heterocycles. The van der Waals surface area contributed by atoms with Gasteiger partial charge in [0.15, 0.2) is 0 Å². The molecule has 0 saturated heterocycles. The number of benzene rings is 2. The van der Waals surface area contributed by atoms with Gasteiger partial charge in [0, 0.05) is 11.7 Å². The van der Waals surface area contributed by atoms with Gasteiger partial charge in [-0.2, -0.15) is 0 Å². The summed E-state index contributed by atoms with van der Waals surface area (Å²) in [6.07, 6.45) is 0.525. The van der Waals surface area contributed by atoms with E-state index in [9.17, 15) is 4.57 Å². The molecule has 2 aromatic carbocycles. The zero-order chi connectivity index (χ0) is 12.8. The summed E-state index contributed by atoms with van der Waals surface area (Å²) in [5.74, 6) is 0.749. The first-order valence-electron chi connectivity index (χ1n) is 6.13. The maximum Gasteiger partial charge on any atom is 0.277 e. The lowest BCUT2D eigenvalue weighted by Crippen LogP contribution is -2.18. The lowest BCUT2D eigenvalue weighted by atomic mass is 10.0. The van der Waals surface area contributed by atoms with Crippen LogP contribution in [0.25, 0.3) is 11.1 Å². The van der Waals surface area contributed by atoms with Crippen LogP contribution in [0.1, 0.15) is 12.5 Å². The average Bonchev–Trinajstić information content (AvgIpc) is 2.39. The van der Waals surface area contributed by atoms with Crippen LogP contribution in [-0.2, 0) is 4.57 Å². The predicted octanol–water partition coefficient (Wildman–Crippen LogP) is 3.98. The molecule has 0 fully saturated rings. The molecule has 2 aromatic rings. The van der Waals surface area contributed by atoms with E-state index in [1.807, 2.05) is 50.2 Å². The van der Waals surface area contributed by atoms with E-state index in [2.05, 4.69) is 6.07 Å². The molecule has 1 aliphatic rings. The Hall–Kier alpha value is -1.53. The SMILES string of the molecule is CCP1(=O)Oc2cc(C)ccc2-c2ccccc21. The van der Waals surface area contributed by atoms with Gasteiger partial charge in [-0.05, 0) is 30.2 Å². The van der Waals surface area contributed by atoms with Crippen molar-refractivity contribution in [2.75, 3.05) is 6.16 Å². The van der Waals surface area contributed by atoms with E-state index < -0.39 is 7.37 Å². The van der Waals surface area contributed by atoms with Gasteiger partial charge in [0.1, 0.15) is 5.75 Å². The highest BCUT2D eigenvalue weighted by atomic mass is 31.2. The Balaban J connectivity index is 2.33. The molecule has 3 rings (SSSR count). The number of fused-ring (bicyclic) bond motifs is 3. The molecule has 0 aromatic heterocycles. The Kier molecular flexibility index (Phi) is 2.57. The van der Waals surface area contributed by atoms with Crippen molar-refractivity contribution in [3.05, 3.63) is 48.0 Å². The maximum atomic E-state index is 12.9. The molecule has 2 nitrogen and oxygen atoms in total. The van der Waals surface area contributed by atoms with E-state index in [1.54, 1.807) is 0 Å². The fourth-order valence-electron chi connectivity index (χ4n) is 2.37. The normalized spacial score (nSPS) is 20.8. The molecule has 0 radical (unpaired) electrons. The van der Waals surface area contributed by atoms with Gasteiger partial charge in [0.2, 0.25) is 0 Å². The molecule has 0 aliphatic carbocycles. The molecule has 0 bridgehead atoms. The first-order chi connectivity index (χ1) is 8.64. The van der Waals surface area contributed by atoms with Gasteiger partial charge in [0.25, 0.3) is 7.37 Å². The van der Waals surface area contributed by atoms with E-state index in [-0.39, 0.29) is 0 Å². The molecule has 0 N–H and O–H groups in total. The summed E-state index contributed by atoms with van der Waals surface area (Å²) in [6.45, 7) is 3.93. The van der Waals surface area contributed by atoms with E-state index in [1.165, 1.54) is 0 Å². The zero-order valence-electron chi connectivity index (χ0n) is 10.5. The van der Waals surface area contributed by atoms with Gasteiger partial charge in [-0.15, -0.1) is 0 Å². The van der Waals surface area contributed by atoms with Crippen LogP contribution in [-0.4, -0.2) is 6.16 Å². The number of aryl methyl sites for hydroxylation is 1. The standard InChI is InChI=1S/C15H15O2P/c1-3-18(16)15-7-5-4-6-13(15)12-9-8-11(2)10-14(12)17-18/h4-10H,3H2,1-2H3. The van der Waals surface area contributed by atoms with Crippen LogP contribution in [0.4, 0.5) is 0 Å². The summed E-state index contributed by atoms with van der Waals surface area (Å²) < 4.78 is 18.7. The first-order valence-corrected chi connectivity index (χ1v) is 7.94. The monoisotopic (exact) mass is 258 g/mol. The molecule has 0 amide bonds. The minimum absolute atomic E-state index is 0.525. The Bertz CT molecular complexity index is 661. The predicted molar refractivity (Wildman–Crippen MR) is 75.0 cm³/mol. The van der Waals surface area contributed by atoms with Gasteiger partial charge < -0.3 is 4.52 Å². The van der Waals surface area contributed by atoms with Gasteiger partial charge in [-0.1, -0.05) is 37.3 Å². The van der Waals surface area contributed by atoms with Gasteiger partial charge in [-0.25, -0.2) is 0 Å². The second-order valence-corrected chi connectivity index (χ2v) is 7.24. The van der Waals surface area contributed by atoms with E-state index in [0.717, 1.165) is 27.7 Å². The summed E-state index contributed by atoms with van der Waals surface area (Å²) in [5, 5.41) is 0.851. The number of hydrogen-bond acceptors (Lipinski definition) is 2. The third-order valence-electron chi connectivity index (χ3n) is 3.36. The Morgan fingerprint density at radius 2 is 1.89 bits per heavy atom. The summed E-state index contributed by atoms with van der Waals surface area (Å²) >= 11 is 0. The zero-order valence-corrected chi connectivity index (χ0v) is 11.4. The summed E-state index contributed by atoms with van der Waals surface area (Å²) in [4.78, 5) is 0. The van der Waals surface area contributed by atoms with E-state index >= 15 is 0 Å². The molecular formula is C15H15O2P. The second kappa shape index (κ2) is 4.00. The fraction of sp³-hybridized carbons (Fsp3) is 0.200.